The summed E-state index contributed by atoms with van der Waals surface area (Å²) in [6.45, 7) is 2.58. The first-order valence-electron chi connectivity index (χ1n) is 6.97. The summed E-state index contributed by atoms with van der Waals surface area (Å²) in [6, 6.07) is 9.28. The van der Waals surface area contributed by atoms with Crippen LogP contribution < -0.4 is 10.2 Å². The van der Waals surface area contributed by atoms with Gasteiger partial charge in [-0.15, -0.1) is 0 Å². The zero-order valence-electron chi connectivity index (χ0n) is 13.0. The van der Waals surface area contributed by atoms with Crippen molar-refractivity contribution in [3.8, 4) is 5.75 Å². The summed E-state index contributed by atoms with van der Waals surface area (Å²) in [5, 5.41) is 9.78. The number of hydrogen-bond acceptors (Lipinski definition) is 4. The third-order valence-corrected chi connectivity index (χ3v) is 3.36. The maximum Gasteiger partial charge on any atom is 0.335 e. The Kier molecular flexibility index (Phi) is 5.46. The summed E-state index contributed by atoms with van der Waals surface area (Å²) < 4.78 is 11.2. The Labute approximate surface area is 154 Å². The van der Waals surface area contributed by atoms with Crippen LogP contribution in [0.15, 0.2) is 45.6 Å². The summed E-state index contributed by atoms with van der Waals surface area (Å²) >= 11 is 0. The van der Waals surface area contributed by atoms with Gasteiger partial charge in [-0.2, -0.15) is 0 Å². The minimum Gasteiger partial charge on any atom is -0.494 e. The summed E-state index contributed by atoms with van der Waals surface area (Å²) in [4.78, 5) is 23.5. The van der Waals surface area contributed by atoms with Gasteiger partial charge in [-0.25, -0.2) is 4.79 Å². The van der Waals surface area contributed by atoms with Crippen LogP contribution in [0, 0.1) is 0 Å². The number of benzene rings is 2. The quantitative estimate of drug-likeness (QED) is 0.590. The number of hydrogen-bond donors (Lipinski definition) is 1. The monoisotopic (exact) mass is 321 g/mol. The number of aromatic carboxylic acids is 1. The van der Waals surface area contributed by atoms with Crippen LogP contribution in [0.2, 0.25) is 0 Å². The van der Waals surface area contributed by atoms with E-state index >= 15 is 0 Å². The fourth-order valence-corrected chi connectivity index (χ4v) is 2.28. The van der Waals surface area contributed by atoms with E-state index in [1.165, 1.54) is 18.2 Å². The first-order valence-corrected chi connectivity index (χ1v) is 6.97. The van der Waals surface area contributed by atoms with E-state index in [0.717, 1.165) is 6.42 Å². The van der Waals surface area contributed by atoms with Gasteiger partial charge in [-0.1, -0.05) is 6.92 Å². The molecule has 113 valence electrons. The molecule has 3 rings (SSSR count). The minimum atomic E-state index is -1.06. The van der Waals surface area contributed by atoms with E-state index in [1.54, 1.807) is 18.2 Å². The zero-order valence-corrected chi connectivity index (χ0v) is 15.0. The van der Waals surface area contributed by atoms with E-state index in [9.17, 15) is 9.59 Å². The fraction of sp³-hybridized carbons (Fsp3) is 0.176. The maximum absolute atomic E-state index is 12.5. The van der Waals surface area contributed by atoms with Crippen LogP contribution in [0.3, 0.4) is 0 Å². The van der Waals surface area contributed by atoms with E-state index in [1.807, 2.05) is 6.92 Å². The first kappa shape index (κ1) is 17.5. The van der Waals surface area contributed by atoms with Crippen molar-refractivity contribution in [3.05, 3.63) is 52.2 Å². The van der Waals surface area contributed by atoms with Crippen LogP contribution in [-0.4, -0.2) is 47.2 Å². The molecule has 0 aliphatic carbocycles. The van der Waals surface area contributed by atoms with Gasteiger partial charge in [0.15, 0.2) is 0 Å². The summed E-state index contributed by atoms with van der Waals surface area (Å²) in [7, 11) is 0. The number of fused-ring (bicyclic) bond motifs is 2. The van der Waals surface area contributed by atoms with Gasteiger partial charge in [0, 0.05) is 29.6 Å². The molecule has 23 heavy (non-hydrogen) atoms. The fourth-order valence-electron chi connectivity index (χ4n) is 2.28. The number of carbonyl (C=O) groups is 1. The molecular formula is C17H14NaO5. The van der Waals surface area contributed by atoms with Gasteiger partial charge >= 0.3 is 5.97 Å². The second-order valence-corrected chi connectivity index (χ2v) is 4.95. The standard InChI is InChI=1S/C17H14O5.Na/c1-2-7-21-11-4-6-14-13(9-11)16(18)12-5-3-10(17(19)20)8-15(12)22-14;/h3-6,8-9H,2,7H2,1H3,(H,19,20);. The van der Waals surface area contributed by atoms with Gasteiger partial charge in [0.2, 0.25) is 5.43 Å². The molecule has 5 nitrogen and oxygen atoms in total. The molecule has 0 saturated carbocycles. The molecule has 1 aromatic heterocycles. The molecule has 0 fully saturated rings. The van der Waals surface area contributed by atoms with Crippen molar-refractivity contribution >= 4 is 57.5 Å². The Hall–Kier alpha value is -1.82. The Bertz CT molecular complexity index is 929. The van der Waals surface area contributed by atoms with Crippen molar-refractivity contribution in [2.75, 3.05) is 6.61 Å². The predicted octanol–water partition coefficient (Wildman–Crippen LogP) is 3.05. The van der Waals surface area contributed by atoms with Crippen LogP contribution in [0.5, 0.6) is 5.75 Å². The first-order chi connectivity index (χ1) is 10.6. The second kappa shape index (κ2) is 7.17. The average Bonchev–Trinajstić information content (AvgIpc) is 2.52. The molecule has 0 atom stereocenters. The van der Waals surface area contributed by atoms with E-state index in [0.29, 0.717) is 28.7 Å². The number of ether oxygens (including phenoxy) is 1. The predicted molar refractivity (Wildman–Crippen MR) is 88.5 cm³/mol. The number of carboxylic acids is 1. The van der Waals surface area contributed by atoms with Gasteiger partial charge in [0.25, 0.3) is 0 Å². The van der Waals surface area contributed by atoms with Crippen molar-refractivity contribution in [1.29, 1.82) is 0 Å². The van der Waals surface area contributed by atoms with Crippen molar-refractivity contribution in [1.82, 2.24) is 0 Å². The Morgan fingerprint density at radius 2 is 1.91 bits per heavy atom. The van der Waals surface area contributed by atoms with Crippen LogP contribution in [0.25, 0.3) is 21.9 Å². The molecule has 0 aliphatic rings. The van der Waals surface area contributed by atoms with Gasteiger partial charge in [0.1, 0.15) is 16.9 Å². The SMILES string of the molecule is CCCOc1ccc2oc3cc(C(=O)O)ccc3c(=O)c2c1.[Na]. The molecule has 6 heteroatoms. The molecule has 1 N–H and O–H groups in total. The van der Waals surface area contributed by atoms with Gasteiger partial charge in [-0.05, 0) is 42.8 Å². The van der Waals surface area contributed by atoms with E-state index < -0.39 is 5.97 Å². The third-order valence-electron chi connectivity index (χ3n) is 3.36. The second-order valence-electron chi connectivity index (χ2n) is 4.95. The van der Waals surface area contributed by atoms with Crippen molar-refractivity contribution in [2.45, 2.75) is 13.3 Å². The Morgan fingerprint density at radius 3 is 2.61 bits per heavy atom. The minimum absolute atomic E-state index is 0. The van der Waals surface area contributed by atoms with Crippen LogP contribution in [0.1, 0.15) is 23.7 Å². The van der Waals surface area contributed by atoms with Gasteiger partial charge in [-0.3, -0.25) is 4.79 Å². The molecule has 0 bridgehead atoms. The molecule has 1 radical (unpaired) electrons. The maximum atomic E-state index is 12.5. The normalized spacial score (nSPS) is 10.5. The summed E-state index contributed by atoms with van der Waals surface area (Å²) in [5.41, 5.74) is 0.552. The van der Waals surface area contributed by atoms with E-state index in [-0.39, 0.29) is 46.1 Å². The molecule has 0 unspecified atom stereocenters. The smallest absolute Gasteiger partial charge is 0.335 e. The summed E-state index contributed by atoms with van der Waals surface area (Å²) in [6.07, 6.45) is 0.877. The van der Waals surface area contributed by atoms with Crippen molar-refractivity contribution in [2.24, 2.45) is 0 Å². The largest absolute Gasteiger partial charge is 0.494 e. The molecule has 2 aromatic carbocycles. The molecule has 0 saturated heterocycles. The molecule has 3 aromatic rings. The number of rotatable bonds is 4. The molecule has 1 heterocycles. The van der Waals surface area contributed by atoms with Crippen LogP contribution >= 0.6 is 0 Å². The average molecular weight is 321 g/mol. The van der Waals surface area contributed by atoms with Gasteiger partial charge < -0.3 is 14.3 Å². The molecular weight excluding hydrogens is 307 g/mol. The Morgan fingerprint density at radius 1 is 1.13 bits per heavy atom. The van der Waals surface area contributed by atoms with Crippen LogP contribution in [0.4, 0.5) is 0 Å². The van der Waals surface area contributed by atoms with Crippen molar-refractivity contribution < 1.29 is 19.1 Å². The van der Waals surface area contributed by atoms with E-state index in [2.05, 4.69) is 0 Å². The summed E-state index contributed by atoms with van der Waals surface area (Å²) in [5.74, 6) is -0.448. The molecule has 0 aliphatic heterocycles. The van der Waals surface area contributed by atoms with Crippen molar-refractivity contribution in [3.63, 3.8) is 0 Å². The third kappa shape index (κ3) is 3.42. The van der Waals surface area contributed by atoms with E-state index in [4.69, 9.17) is 14.3 Å². The van der Waals surface area contributed by atoms with Gasteiger partial charge in [0.05, 0.1) is 22.9 Å². The molecule has 0 spiro atoms. The Balaban J connectivity index is 0.00000192. The number of carboxylic acid groups (broad SMARTS) is 1. The topological polar surface area (TPSA) is 76.7 Å². The molecule has 0 amide bonds. The van der Waals surface area contributed by atoms with Crippen LogP contribution in [-0.2, 0) is 0 Å². The zero-order chi connectivity index (χ0) is 15.7.